The van der Waals surface area contributed by atoms with Crippen LogP contribution in [0.2, 0.25) is 5.02 Å². The molecule has 0 bridgehead atoms. The molecule has 0 fully saturated rings. The Morgan fingerprint density at radius 3 is 2.54 bits per heavy atom. The maximum atomic E-state index is 11.4. The molecule has 0 aliphatic rings. The van der Waals surface area contributed by atoms with Gasteiger partial charge in [0.25, 0.3) is 0 Å². The molecule has 0 aromatic heterocycles. The van der Waals surface area contributed by atoms with Crippen LogP contribution in [0, 0.1) is 5.92 Å². The predicted molar refractivity (Wildman–Crippen MR) is 108 cm³/mol. The fraction of sp³-hybridized carbons (Fsp3) is 0.350. The van der Waals surface area contributed by atoms with E-state index in [1.807, 2.05) is 56.3 Å². The third-order valence-corrected chi connectivity index (χ3v) is 4.62. The lowest BCUT2D eigenvalue weighted by molar-refractivity contribution is -0.140. The van der Waals surface area contributed by atoms with Gasteiger partial charge in [-0.3, -0.25) is 4.79 Å². The smallest absolute Gasteiger partial charge is 0.320 e. The van der Waals surface area contributed by atoms with E-state index in [1.54, 1.807) is 0 Å². The second-order valence-electron chi connectivity index (χ2n) is 6.57. The average Bonchev–Trinajstić information content (AvgIpc) is 2.58. The fourth-order valence-electron chi connectivity index (χ4n) is 2.54. The molecule has 0 heterocycles. The van der Waals surface area contributed by atoms with E-state index in [0.717, 1.165) is 21.3 Å². The van der Waals surface area contributed by atoms with Crippen molar-refractivity contribution >= 4 is 33.5 Å². The van der Waals surface area contributed by atoms with Crippen LogP contribution in [0.15, 0.2) is 46.9 Å². The van der Waals surface area contributed by atoms with Crippen molar-refractivity contribution in [3.63, 3.8) is 0 Å². The highest BCUT2D eigenvalue weighted by Crippen LogP contribution is 2.25. The minimum Gasteiger partial charge on any atom is -0.489 e. The van der Waals surface area contributed by atoms with Crippen molar-refractivity contribution < 1.29 is 14.6 Å². The molecule has 0 spiro atoms. The molecule has 1 atom stereocenters. The number of hydrogen-bond acceptors (Lipinski definition) is 3. The molecular weight excluding hydrogens is 418 g/mol. The first-order valence-corrected chi connectivity index (χ1v) is 9.64. The Hall–Kier alpha value is -1.56. The summed E-state index contributed by atoms with van der Waals surface area (Å²) in [5.41, 5.74) is 1.92. The third-order valence-electron chi connectivity index (χ3n) is 3.87. The molecule has 0 saturated heterocycles. The van der Waals surface area contributed by atoms with E-state index in [4.69, 9.17) is 16.3 Å². The van der Waals surface area contributed by atoms with E-state index in [-0.39, 0.29) is 0 Å². The standard InChI is InChI=1S/C20H23BrClNO3/c1-13(2)9-18(20(24)25)23-11-15-10-16(21)5-8-19(15)26-12-14-3-6-17(22)7-4-14/h3-8,10,13,18,23H,9,11-12H2,1-2H3,(H,24,25). The first-order chi connectivity index (χ1) is 12.3. The van der Waals surface area contributed by atoms with Crippen molar-refractivity contribution in [3.05, 3.63) is 63.1 Å². The summed E-state index contributed by atoms with van der Waals surface area (Å²) in [5.74, 6) is 0.188. The van der Waals surface area contributed by atoms with E-state index in [2.05, 4.69) is 21.2 Å². The Kier molecular flexibility index (Phi) is 7.94. The minimum absolute atomic E-state index is 0.298. The lowest BCUT2D eigenvalue weighted by atomic mass is 10.0. The minimum atomic E-state index is -0.836. The summed E-state index contributed by atoms with van der Waals surface area (Å²) in [6, 6.07) is 12.6. The molecule has 4 nitrogen and oxygen atoms in total. The van der Waals surface area contributed by atoms with Crippen LogP contribution >= 0.6 is 27.5 Å². The monoisotopic (exact) mass is 439 g/mol. The van der Waals surface area contributed by atoms with Crippen LogP contribution < -0.4 is 10.1 Å². The fourth-order valence-corrected chi connectivity index (χ4v) is 3.08. The summed E-state index contributed by atoms with van der Waals surface area (Å²) in [6.45, 7) is 4.86. The zero-order valence-corrected chi connectivity index (χ0v) is 17.2. The summed E-state index contributed by atoms with van der Waals surface area (Å²) in [4.78, 5) is 11.4. The summed E-state index contributed by atoms with van der Waals surface area (Å²) >= 11 is 9.36. The highest BCUT2D eigenvalue weighted by Gasteiger charge is 2.19. The van der Waals surface area contributed by atoms with Gasteiger partial charge < -0.3 is 15.2 Å². The van der Waals surface area contributed by atoms with Gasteiger partial charge in [0.2, 0.25) is 0 Å². The van der Waals surface area contributed by atoms with Gasteiger partial charge in [0.1, 0.15) is 18.4 Å². The van der Waals surface area contributed by atoms with Gasteiger partial charge in [-0.15, -0.1) is 0 Å². The molecule has 1 unspecified atom stereocenters. The molecule has 140 valence electrons. The highest BCUT2D eigenvalue weighted by atomic mass is 79.9. The predicted octanol–water partition coefficient (Wildman–Crippen LogP) is 5.27. The summed E-state index contributed by atoms with van der Waals surface area (Å²) < 4.78 is 6.86. The number of halogens is 2. The zero-order chi connectivity index (χ0) is 19.1. The maximum absolute atomic E-state index is 11.4. The summed E-state index contributed by atoms with van der Waals surface area (Å²) in [6.07, 6.45) is 0.574. The van der Waals surface area contributed by atoms with Crippen LogP contribution in [0.5, 0.6) is 5.75 Å². The average molecular weight is 441 g/mol. The van der Waals surface area contributed by atoms with Crippen molar-refractivity contribution in [2.45, 2.75) is 39.5 Å². The number of ether oxygens (including phenoxy) is 1. The SMILES string of the molecule is CC(C)CC(NCc1cc(Br)ccc1OCc1ccc(Cl)cc1)C(=O)O. The normalized spacial score (nSPS) is 12.2. The molecule has 2 N–H and O–H groups in total. The second-order valence-corrected chi connectivity index (χ2v) is 7.92. The Morgan fingerprint density at radius 2 is 1.92 bits per heavy atom. The van der Waals surface area contributed by atoms with Crippen molar-refractivity contribution in [2.24, 2.45) is 5.92 Å². The Labute approximate surface area is 167 Å². The second kappa shape index (κ2) is 9.95. The van der Waals surface area contributed by atoms with Gasteiger partial charge in [0.05, 0.1) is 0 Å². The number of carboxylic acid groups (broad SMARTS) is 1. The molecule has 0 amide bonds. The van der Waals surface area contributed by atoms with Crippen LogP contribution in [0.1, 0.15) is 31.4 Å². The molecule has 0 aliphatic carbocycles. The van der Waals surface area contributed by atoms with Crippen LogP contribution in [0.4, 0.5) is 0 Å². The van der Waals surface area contributed by atoms with E-state index in [1.165, 1.54) is 0 Å². The number of benzene rings is 2. The molecule has 0 radical (unpaired) electrons. The van der Waals surface area contributed by atoms with Gasteiger partial charge >= 0.3 is 5.97 Å². The largest absolute Gasteiger partial charge is 0.489 e. The Balaban J connectivity index is 2.06. The highest BCUT2D eigenvalue weighted by molar-refractivity contribution is 9.10. The van der Waals surface area contributed by atoms with Crippen LogP contribution in [0.3, 0.4) is 0 Å². The van der Waals surface area contributed by atoms with Gasteiger partial charge in [0.15, 0.2) is 0 Å². The quantitative estimate of drug-likeness (QED) is 0.557. The number of hydrogen-bond donors (Lipinski definition) is 2. The number of rotatable bonds is 9. The lowest BCUT2D eigenvalue weighted by Gasteiger charge is -2.18. The lowest BCUT2D eigenvalue weighted by Crippen LogP contribution is -2.37. The summed E-state index contributed by atoms with van der Waals surface area (Å²) in [7, 11) is 0. The first kappa shape index (κ1) is 20.7. The van der Waals surface area contributed by atoms with Crippen LogP contribution in [-0.2, 0) is 17.9 Å². The zero-order valence-electron chi connectivity index (χ0n) is 14.8. The number of nitrogens with one attached hydrogen (secondary N) is 1. The van der Waals surface area contributed by atoms with E-state index < -0.39 is 12.0 Å². The van der Waals surface area contributed by atoms with E-state index >= 15 is 0 Å². The van der Waals surface area contributed by atoms with Crippen molar-refractivity contribution in [3.8, 4) is 5.75 Å². The Bertz CT molecular complexity index is 734. The molecule has 26 heavy (non-hydrogen) atoms. The number of carbonyl (C=O) groups is 1. The summed E-state index contributed by atoms with van der Waals surface area (Å²) in [5, 5.41) is 13.2. The topological polar surface area (TPSA) is 58.6 Å². The van der Waals surface area contributed by atoms with Crippen molar-refractivity contribution in [2.75, 3.05) is 0 Å². The number of aliphatic carboxylic acids is 1. The van der Waals surface area contributed by atoms with Gasteiger partial charge in [-0.1, -0.05) is 53.5 Å². The third kappa shape index (κ3) is 6.63. The van der Waals surface area contributed by atoms with Gasteiger partial charge in [-0.05, 0) is 48.2 Å². The molecule has 2 aromatic rings. The van der Waals surface area contributed by atoms with Crippen LogP contribution in [-0.4, -0.2) is 17.1 Å². The maximum Gasteiger partial charge on any atom is 0.320 e. The van der Waals surface area contributed by atoms with Gasteiger partial charge in [-0.25, -0.2) is 0 Å². The van der Waals surface area contributed by atoms with Gasteiger partial charge in [-0.2, -0.15) is 0 Å². The molecule has 0 aliphatic heterocycles. The van der Waals surface area contributed by atoms with E-state index in [9.17, 15) is 9.90 Å². The molecule has 6 heteroatoms. The Morgan fingerprint density at radius 1 is 1.23 bits per heavy atom. The van der Waals surface area contributed by atoms with Crippen molar-refractivity contribution in [1.29, 1.82) is 0 Å². The van der Waals surface area contributed by atoms with Gasteiger partial charge in [0, 0.05) is 21.6 Å². The molecular formula is C20H23BrClNO3. The van der Waals surface area contributed by atoms with Crippen molar-refractivity contribution in [1.82, 2.24) is 5.32 Å². The molecule has 2 aromatic carbocycles. The molecule has 0 saturated carbocycles. The first-order valence-electron chi connectivity index (χ1n) is 8.47. The van der Waals surface area contributed by atoms with Crippen LogP contribution in [0.25, 0.3) is 0 Å². The number of carboxylic acids is 1. The van der Waals surface area contributed by atoms with E-state index in [0.29, 0.717) is 30.5 Å². The molecule has 2 rings (SSSR count).